The second kappa shape index (κ2) is 12.1. The molecule has 214 valence electrons. The van der Waals surface area contributed by atoms with Gasteiger partial charge in [0.2, 0.25) is 5.82 Å². The number of aliphatic carboxylic acids is 1. The lowest BCUT2D eigenvalue weighted by atomic mass is 9.86. The van der Waals surface area contributed by atoms with Crippen LogP contribution >= 0.6 is 0 Å². The molecule has 43 heavy (non-hydrogen) atoms. The van der Waals surface area contributed by atoms with Crippen molar-refractivity contribution in [2.45, 2.75) is 38.6 Å². The van der Waals surface area contributed by atoms with Crippen molar-refractivity contribution < 1.29 is 19.2 Å². The number of benzene rings is 4. The monoisotopic (exact) mass is 570 g/mol. The van der Waals surface area contributed by atoms with E-state index in [0.717, 1.165) is 27.8 Å². The Morgan fingerprint density at radius 1 is 0.884 bits per heavy atom. The SMILES string of the molecule is CC(C)(C)c1ccc(C(=O)NC(Cc2ccc(-c3noc(-c4ccc(-c5ccccc5C#N)cc4)n3)cc2)C(=O)O)cc1. The van der Waals surface area contributed by atoms with Crippen LogP contribution in [0, 0.1) is 11.3 Å². The minimum Gasteiger partial charge on any atom is -0.480 e. The van der Waals surface area contributed by atoms with Crippen LogP contribution in [0.1, 0.15) is 47.8 Å². The number of carboxylic acid groups (broad SMARTS) is 1. The average Bonchev–Trinajstić information content (AvgIpc) is 3.51. The van der Waals surface area contributed by atoms with Gasteiger partial charge in [-0.15, -0.1) is 0 Å². The van der Waals surface area contributed by atoms with Gasteiger partial charge in [0.1, 0.15) is 6.04 Å². The lowest BCUT2D eigenvalue weighted by Gasteiger charge is -2.19. The summed E-state index contributed by atoms with van der Waals surface area (Å²) in [5, 5.41) is 25.9. The van der Waals surface area contributed by atoms with E-state index in [1.165, 1.54) is 0 Å². The highest BCUT2D eigenvalue weighted by Crippen LogP contribution is 2.28. The molecule has 5 rings (SSSR count). The third kappa shape index (κ3) is 6.68. The molecule has 5 aromatic rings. The smallest absolute Gasteiger partial charge is 0.326 e. The number of amides is 1. The van der Waals surface area contributed by atoms with E-state index < -0.39 is 17.9 Å². The molecule has 8 heteroatoms. The highest BCUT2D eigenvalue weighted by Gasteiger charge is 2.22. The Morgan fingerprint density at radius 3 is 2.14 bits per heavy atom. The second-order valence-corrected chi connectivity index (χ2v) is 11.3. The van der Waals surface area contributed by atoms with Crippen LogP contribution in [0.4, 0.5) is 0 Å². The summed E-state index contributed by atoms with van der Waals surface area (Å²) in [5.41, 5.74) is 5.97. The van der Waals surface area contributed by atoms with Crippen molar-refractivity contribution in [1.82, 2.24) is 15.5 Å². The standard InChI is InChI=1S/C35H30N4O4/c1-35(2,3)28-18-16-25(17-19-28)32(40)37-30(34(41)42)20-22-8-10-24(11-9-22)31-38-33(43-39-31)26-14-12-23(13-15-26)29-7-5-4-6-27(29)21-36/h4-19,30H,20H2,1-3H3,(H,37,40)(H,41,42). The highest BCUT2D eigenvalue weighted by molar-refractivity contribution is 5.96. The van der Waals surface area contributed by atoms with E-state index in [1.807, 2.05) is 54.6 Å². The quantitative estimate of drug-likeness (QED) is 0.213. The first-order valence-electron chi connectivity index (χ1n) is 13.8. The normalized spacial score (nSPS) is 11.9. The van der Waals surface area contributed by atoms with Crippen molar-refractivity contribution in [3.8, 4) is 40.0 Å². The maximum absolute atomic E-state index is 12.8. The third-order valence-corrected chi connectivity index (χ3v) is 7.18. The summed E-state index contributed by atoms with van der Waals surface area (Å²) in [4.78, 5) is 29.2. The number of carboxylic acids is 1. The average molecular weight is 571 g/mol. The van der Waals surface area contributed by atoms with Crippen LogP contribution in [-0.2, 0) is 16.6 Å². The fourth-order valence-electron chi connectivity index (χ4n) is 4.67. The molecule has 1 amide bonds. The van der Waals surface area contributed by atoms with Gasteiger partial charge in [-0.1, -0.05) is 92.7 Å². The van der Waals surface area contributed by atoms with Crippen LogP contribution in [0.5, 0.6) is 0 Å². The van der Waals surface area contributed by atoms with Gasteiger partial charge in [0, 0.05) is 23.1 Å². The van der Waals surface area contributed by atoms with Gasteiger partial charge in [-0.3, -0.25) is 4.79 Å². The molecule has 2 N–H and O–H groups in total. The summed E-state index contributed by atoms with van der Waals surface area (Å²) in [6, 6.07) is 30.4. The summed E-state index contributed by atoms with van der Waals surface area (Å²) >= 11 is 0. The molecule has 0 spiro atoms. The fourth-order valence-corrected chi connectivity index (χ4v) is 4.67. The van der Waals surface area contributed by atoms with Crippen LogP contribution < -0.4 is 5.32 Å². The van der Waals surface area contributed by atoms with Gasteiger partial charge >= 0.3 is 5.97 Å². The van der Waals surface area contributed by atoms with Gasteiger partial charge in [-0.05, 0) is 58.0 Å². The lowest BCUT2D eigenvalue weighted by molar-refractivity contribution is -0.139. The summed E-state index contributed by atoms with van der Waals surface area (Å²) in [5.74, 6) is -0.814. The maximum atomic E-state index is 12.8. The van der Waals surface area contributed by atoms with E-state index in [-0.39, 0.29) is 11.8 Å². The van der Waals surface area contributed by atoms with E-state index in [1.54, 1.807) is 42.5 Å². The number of nitrogens with zero attached hydrogens (tertiary/aromatic N) is 3. The van der Waals surface area contributed by atoms with Crippen LogP contribution in [0.15, 0.2) is 102 Å². The van der Waals surface area contributed by atoms with E-state index in [0.29, 0.717) is 28.4 Å². The Balaban J connectivity index is 1.25. The predicted octanol–water partition coefficient (Wildman–Crippen LogP) is 6.67. The zero-order valence-electron chi connectivity index (χ0n) is 24.0. The summed E-state index contributed by atoms with van der Waals surface area (Å²) in [6.45, 7) is 6.26. The molecule has 0 aliphatic rings. The topological polar surface area (TPSA) is 129 Å². The number of aromatic nitrogens is 2. The molecule has 8 nitrogen and oxygen atoms in total. The first-order chi connectivity index (χ1) is 20.6. The summed E-state index contributed by atoms with van der Waals surface area (Å²) in [7, 11) is 0. The molecule has 1 heterocycles. The fraction of sp³-hybridized carbons (Fsp3) is 0.171. The van der Waals surface area contributed by atoms with Gasteiger partial charge in [0.25, 0.3) is 11.8 Å². The third-order valence-electron chi connectivity index (χ3n) is 7.18. The van der Waals surface area contributed by atoms with Crippen LogP contribution in [0.2, 0.25) is 0 Å². The van der Waals surface area contributed by atoms with Crippen LogP contribution in [0.25, 0.3) is 34.0 Å². The van der Waals surface area contributed by atoms with Gasteiger partial charge in [0.05, 0.1) is 11.6 Å². The molecule has 0 saturated heterocycles. The molecule has 4 aromatic carbocycles. The number of carbonyl (C=O) groups excluding carboxylic acids is 1. The molecule has 0 saturated carbocycles. The molecular formula is C35H30N4O4. The van der Waals surface area contributed by atoms with Gasteiger partial charge < -0.3 is 14.9 Å². The Morgan fingerprint density at radius 2 is 1.51 bits per heavy atom. The Kier molecular flexibility index (Phi) is 8.17. The highest BCUT2D eigenvalue weighted by atomic mass is 16.5. The van der Waals surface area contributed by atoms with Crippen molar-refractivity contribution in [2.24, 2.45) is 0 Å². The number of hydrogen-bond donors (Lipinski definition) is 2. The number of rotatable bonds is 8. The van der Waals surface area contributed by atoms with Crippen LogP contribution in [-0.4, -0.2) is 33.2 Å². The minimum absolute atomic E-state index is 0.0496. The number of nitrogens with one attached hydrogen (secondary N) is 1. The minimum atomic E-state index is -1.12. The second-order valence-electron chi connectivity index (χ2n) is 11.3. The first kappa shape index (κ1) is 29.0. The Bertz CT molecular complexity index is 1790. The molecule has 1 atom stereocenters. The van der Waals surface area contributed by atoms with E-state index in [2.05, 4.69) is 42.3 Å². The molecule has 0 bridgehead atoms. The number of nitriles is 1. The van der Waals surface area contributed by atoms with Crippen molar-refractivity contribution in [2.75, 3.05) is 0 Å². The van der Waals surface area contributed by atoms with Gasteiger partial charge in [-0.25, -0.2) is 4.79 Å². The maximum Gasteiger partial charge on any atom is 0.326 e. The van der Waals surface area contributed by atoms with E-state index in [4.69, 9.17) is 4.52 Å². The molecule has 1 unspecified atom stereocenters. The van der Waals surface area contributed by atoms with Crippen molar-refractivity contribution >= 4 is 11.9 Å². The first-order valence-corrected chi connectivity index (χ1v) is 13.8. The Labute approximate surface area is 249 Å². The molecule has 1 aromatic heterocycles. The largest absolute Gasteiger partial charge is 0.480 e. The zero-order valence-corrected chi connectivity index (χ0v) is 24.0. The van der Waals surface area contributed by atoms with Crippen molar-refractivity contribution in [3.63, 3.8) is 0 Å². The van der Waals surface area contributed by atoms with E-state index in [9.17, 15) is 20.0 Å². The van der Waals surface area contributed by atoms with Gasteiger partial charge in [-0.2, -0.15) is 10.2 Å². The number of carbonyl (C=O) groups is 2. The summed E-state index contributed by atoms with van der Waals surface area (Å²) in [6.07, 6.45) is 0.111. The molecule has 0 radical (unpaired) electrons. The zero-order chi connectivity index (χ0) is 30.6. The summed E-state index contributed by atoms with van der Waals surface area (Å²) < 4.78 is 5.49. The van der Waals surface area contributed by atoms with Crippen molar-refractivity contribution in [3.05, 3.63) is 119 Å². The number of hydrogen-bond acceptors (Lipinski definition) is 6. The van der Waals surface area contributed by atoms with Crippen LogP contribution in [0.3, 0.4) is 0 Å². The Hall–Kier alpha value is -5.55. The molecular weight excluding hydrogens is 540 g/mol. The molecule has 0 fully saturated rings. The van der Waals surface area contributed by atoms with Crippen molar-refractivity contribution in [1.29, 1.82) is 5.26 Å². The lowest BCUT2D eigenvalue weighted by Crippen LogP contribution is -2.42. The van der Waals surface area contributed by atoms with E-state index >= 15 is 0 Å². The molecule has 0 aliphatic carbocycles. The predicted molar refractivity (Wildman–Crippen MR) is 163 cm³/mol. The van der Waals surface area contributed by atoms with Gasteiger partial charge in [0.15, 0.2) is 0 Å². The molecule has 0 aliphatic heterocycles.